The summed E-state index contributed by atoms with van der Waals surface area (Å²) in [5.74, 6) is -1.74. The number of carbonyl (C=O) groups is 1. The van der Waals surface area contributed by atoms with Gasteiger partial charge in [-0.25, -0.2) is 10.7 Å². The summed E-state index contributed by atoms with van der Waals surface area (Å²) < 4.78 is 29.5. The summed E-state index contributed by atoms with van der Waals surface area (Å²) in [7, 11) is 0. The van der Waals surface area contributed by atoms with Gasteiger partial charge in [0, 0.05) is 19.8 Å². The van der Waals surface area contributed by atoms with E-state index in [-0.39, 0.29) is 47.4 Å². The molecule has 122 valence electrons. The van der Waals surface area contributed by atoms with Crippen LogP contribution in [0.4, 0.5) is 4.39 Å². The fraction of sp³-hybridized carbons (Fsp3) is 0.467. The summed E-state index contributed by atoms with van der Waals surface area (Å²) in [4.78, 5) is 24.4. The van der Waals surface area contributed by atoms with Crippen LogP contribution in [0, 0.1) is 11.7 Å². The van der Waals surface area contributed by atoms with Crippen molar-refractivity contribution in [1.82, 2.24) is 10.2 Å². The normalized spacial score (nSPS) is 17.1. The molecule has 1 fully saturated rings. The number of hydrogen-bond donors (Lipinski definition) is 1. The van der Waals surface area contributed by atoms with E-state index in [2.05, 4.69) is 5.32 Å². The minimum absolute atomic E-state index is 0. The number of likely N-dealkylation sites (tertiary alicyclic amines) is 1. The molecule has 0 bridgehead atoms. The molecular weight excluding hydrogens is 318 g/mol. The number of hydrogen-bond acceptors (Lipinski definition) is 3. The summed E-state index contributed by atoms with van der Waals surface area (Å²) in [5.41, 5.74) is -0.0214. The summed E-state index contributed by atoms with van der Waals surface area (Å²) in [6.07, 6.45) is 2.85. The molecule has 1 saturated heterocycles. The molecule has 0 aliphatic carbocycles. The zero-order valence-electron chi connectivity index (χ0n) is 14.8. The molecule has 0 atom stereocenters. The molecule has 1 aromatic carbocycles. The van der Waals surface area contributed by atoms with Crippen molar-refractivity contribution in [3.63, 3.8) is 0 Å². The topological polar surface area (TPSA) is 77.9 Å². The van der Waals surface area contributed by atoms with Gasteiger partial charge in [-0.2, -0.15) is 0 Å². The van der Waals surface area contributed by atoms with Crippen LogP contribution in [0.15, 0.2) is 18.2 Å². The van der Waals surface area contributed by atoms with Crippen LogP contribution in [0.1, 0.15) is 25.9 Å². The molecular formula is C15H17ClFLiN2O3-2. The van der Waals surface area contributed by atoms with Crippen LogP contribution in [0.5, 0.6) is 0 Å². The number of benzene rings is 1. The van der Waals surface area contributed by atoms with E-state index < -0.39 is 18.2 Å². The Bertz CT molecular complexity index is 582. The van der Waals surface area contributed by atoms with Crippen molar-refractivity contribution in [3.05, 3.63) is 34.6 Å². The molecule has 8 heteroatoms. The molecule has 0 unspecified atom stereocenters. The predicted octanol–water partition coefficient (Wildman–Crippen LogP) is -1.08. The van der Waals surface area contributed by atoms with Crippen molar-refractivity contribution in [3.8, 4) is 0 Å². The zero-order chi connectivity index (χ0) is 17.0. The number of carbonyl (C=O) groups excluding carboxylic acids is 2. The minimum Gasteiger partial charge on any atom is -2.00 e. The van der Waals surface area contributed by atoms with E-state index >= 15 is 0 Å². The van der Waals surface area contributed by atoms with E-state index in [9.17, 15) is 14.0 Å². The molecule has 2 rings (SSSR count). The maximum Gasteiger partial charge on any atom is 1.00 e. The van der Waals surface area contributed by atoms with Crippen LogP contribution < -0.4 is 24.2 Å². The first-order chi connectivity index (χ1) is 10.8. The molecule has 0 radical (unpaired) electrons. The first kappa shape index (κ1) is 18.4. The van der Waals surface area contributed by atoms with E-state index in [1.807, 2.05) is 11.2 Å². The monoisotopic (exact) mass is 336 g/mol. The van der Waals surface area contributed by atoms with E-state index in [4.69, 9.17) is 14.3 Å². The van der Waals surface area contributed by atoms with Crippen LogP contribution in [0.2, 0.25) is 5.02 Å². The Morgan fingerprint density at radius 3 is 2.65 bits per heavy atom. The summed E-state index contributed by atoms with van der Waals surface area (Å²) in [6.45, 7) is -0.571. The molecule has 1 aliphatic heterocycles. The third-order valence-electron chi connectivity index (χ3n) is 3.39. The Balaban J connectivity index is 0.00000288. The van der Waals surface area contributed by atoms with E-state index in [0.29, 0.717) is 25.9 Å². The summed E-state index contributed by atoms with van der Waals surface area (Å²) >= 11 is 5.71. The van der Waals surface area contributed by atoms with Gasteiger partial charge in [-0.3, -0.25) is 4.79 Å². The second-order valence-corrected chi connectivity index (χ2v) is 5.39. The number of halogens is 2. The van der Waals surface area contributed by atoms with Crippen LogP contribution >= 0.6 is 11.6 Å². The van der Waals surface area contributed by atoms with E-state index in [1.165, 1.54) is 6.07 Å². The Labute approximate surface area is 154 Å². The molecule has 0 aromatic heterocycles. The van der Waals surface area contributed by atoms with Gasteiger partial charge in [0.15, 0.2) is 0 Å². The number of rotatable bonds is 5. The SMILES string of the molecule is [2H]C([2H])(NC(=O)c1cc(F)cc(Cl)c1)C1CCN(C[C-]=O)CC1.[Li+].[O-2]. The Morgan fingerprint density at radius 2 is 2.09 bits per heavy atom. The van der Waals surface area contributed by atoms with Gasteiger partial charge in [-0.05, 0) is 50.0 Å². The second-order valence-electron chi connectivity index (χ2n) is 4.95. The number of amides is 1. The molecule has 1 amide bonds. The Morgan fingerprint density at radius 1 is 1.43 bits per heavy atom. The first-order valence-electron chi connectivity index (χ1n) is 7.68. The van der Waals surface area contributed by atoms with Gasteiger partial charge in [0.1, 0.15) is 5.82 Å². The molecule has 1 N–H and O–H groups in total. The van der Waals surface area contributed by atoms with Gasteiger partial charge >= 0.3 is 18.9 Å². The average molecular weight is 337 g/mol. The maximum atomic E-state index is 13.3. The molecule has 5 nitrogen and oxygen atoms in total. The molecule has 23 heavy (non-hydrogen) atoms. The van der Waals surface area contributed by atoms with Crippen molar-refractivity contribution < 1.29 is 41.1 Å². The van der Waals surface area contributed by atoms with Crippen molar-refractivity contribution in [2.24, 2.45) is 5.92 Å². The molecule has 1 aromatic rings. The fourth-order valence-corrected chi connectivity index (χ4v) is 2.47. The van der Waals surface area contributed by atoms with Gasteiger partial charge < -0.3 is 20.5 Å². The third kappa shape index (κ3) is 7.02. The summed E-state index contributed by atoms with van der Waals surface area (Å²) in [5, 5.41) is 2.39. The zero-order valence-corrected chi connectivity index (χ0v) is 13.5. The van der Waals surface area contributed by atoms with Gasteiger partial charge in [0.2, 0.25) is 0 Å². The van der Waals surface area contributed by atoms with E-state index in [0.717, 1.165) is 12.1 Å². The predicted molar refractivity (Wildman–Crippen MR) is 79.3 cm³/mol. The summed E-state index contributed by atoms with van der Waals surface area (Å²) in [6, 6.07) is 3.38. The Hall–Kier alpha value is -0.903. The first-order valence-corrected chi connectivity index (χ1v) is 7.05. The van der Waals surface area contributed by atoms with Gasteiger partial charge in [-0.15, -0.1) is 0 Å². The number of piperidine rings is 1. The standard InChI is InChI=1S/C15H17ClFN2O2.Li.O/c16-13-7-12(8-14(17)9-13)15(21)18-10-11-1-3-19(4-2-11)5-6-20;;/h7-9,11H,1-5,10H2,(H,18,21);;/q-1;+1;-2/i10D2;;. The van der Waals surface area contributed by atoms with Crippen LogP contribution in [0.3, 0.4) is 0 Å². The Kier molecular flexibility index (Phi) is 8.65. The molecule has 0 spiro atoms. The van der Waals surface area contributed by atoms with E-state index in [1.54, 1.807) is 0 Å². The van der Waals surface area contributed by atoms with Crippen LogP contribution in [0.25, 0.3) is 0 Å². The maximum absolute atomic E-state index is 13.3. The number of nitrogens with one attached hydrogen (secondary N) is 1. The van der Waals surface area contributed by atoms with Gasteiger partial charge in [0.05, 0.1) is 0 Å². The largest absolute Gasteiger partial charge is 2.00 e. The van der Waals surface area contributed by atoms with Crippen molar-refractivity contribution in [2.75, 3.05) is 26.1 Å². The number of nitrogens with zero attached hydrogens (tertiary/aromatic N) is 1. The second kappa shape index (κ2) is 10.8. The molecule has 1 aliphatic rings. The van der Waals surface area contributed by atoms with Crippen LogP contribution in [-0.4, -0.2) is 43.2 Å². The smallest absolute Gasteiger partial charge is 1.00 e. The molecule has 0 saturated carbocycles. The van der Waals surface area contributed by atoms with Crippen molar-refractivity contribution >= 4 is 23.8 Å². The van der Waals surface area contributed by atoms with Crippen LogP contribution in [-0.2, 0) is 10.3 Å². The van der Waals surface area contributed by atoms with Gasteiger partial charge in [0.25, 0.3) is 5.91 Å². The average Bonchev–Trinajstić information content (AvgIpc) is 2.46. The van der Waals surface area contributed by atoms with Crippen molar-refractivity contribution in [2.45, 2.75) is 12.8 Å². The fourth-order valence-electron chi connectivity index (χ4n) is 2.25. The third-order valence-corrected chi connectivity index (χ3v) is 3.61. The van der Waals surface area contributed by atoms with Crippen molar-refractivity contribution in [1.29, 1.82) is 0 Å². The minimum atomic E-state index is -1.92. The molecule has 1 heterocycles. The van der Waals surface area contributed by atoms with Gasteiger partial charge in [-0.1, -0.05) is 18.1 Å². The quantitative estimate of drug-likeness (QED) is 0.548.